The second-order valence-corrected chi connectivity index (χ2v) is 7.05. The molecule has 0 spiro atoms. The summed E-state index contributed by atoms with van der Waals surface area (Å²) in [5.41, 5.74) is 0. The summed E-state index contributed by atoms with van der Waals surface area (Å²) in [6, 6.07) is 1.90. The van der Waals surface area contributed by atoms with Gasteiger partial charge in [-0.05, 0) is 12.5 Å². The van der Waals surface area contributed by atoms with Crippen molar-refractivity contribution in [2.75, 3.05) is 45.4 Å². The number of aliphatic imine (C=N–C) groups is 1. The van der Waals surface area contributed by atoms with Crippen LogP contribution in [0.5, 0.6) is 0 Å². The first kappa shape index (κ1) is 18.4. The number of hydrogen-bond acceptors (Lipinski definition) is 5. The first-order valence-corrected chi connectivity index (χ1v) is 9.25. The fraction of sp³-hybridized carbons (Fsp3) is 0.692. The van der Waals surface area contributed by atoms with Gasteiger partial charge < -0.3 is 15.4 Å². The van der Waals surface area contributed by atoms with Crippen LogP contribution in [0.1, 0.15) is 6.42 Å². The molecule has 0 saturated carbocycles. The lowest BCUT2D eigenvalue weighted by atomic mass is 10.4. The van der Waals surface area contributed by atoms with Crippen molar-refractivity contribution in [2.24, 2.45) is 4.99 Å². The number of nitrogens with one attached hydrogen (secondary N) is 2. The number of guanidine groups is 1. The van der Waals surface area contributed by atoms with Gasteiger partial charge in [0.2, 0.25) is 0 Å². The minimum Gasteiger partial charge on any atom is -0.379 e. The molecule has 9 heteroatoms. The van der Waals surface area contributed by atoms with Crippen LogP contribution in [0, 0.1) is 0 Å². The van der Waals surface area contributed by atoms with Crippen molar-refractivity contribution < 1.29 is 13.2 Å². The zero-order chi connectivity index (χ0) is 16.3. The molecule has 2 N–H and O–H groups in total. The molecule has 0 bridgehead atoms. The van der Waals surface area contributed by atoms with E-state index in [-0.39, 0.29) is 12.4 Å². The molecular weight excluding hydrogens is 306 g/mol. The van der Waals surface area contributed by atoms with Crippen LogP contribution in [0.15, 0.2) is 23.5 Å². The van der Waals surface area contributed by atoms with Crippen LogP contribution in [-0.2, 0) is 21.1 Å². The SMILES string of the molecule is CN=C(NCCCn1cccn1)NCCOCCS(C)(=O)=O. The van der Waals surface area contributed by atoms with Crippen molar-refractivity contribution in [2.45, 2.75) is 13.0 Å². The fourth-order valence-electron chi connectivity index (χ4n) is 1.66. The van der Waals surface area contributed by atoms with Gasteiger partial charge in [-0.3, -0.25) is 9.67 Å². The van der Waals surface area contributed by atoms with Crippen molar-refractivity contribution >= 4 is 15.8 Å². The normalized spacial score (nSPS) is 12.4. The number of sulfone groups is 1. The van der Waals surface area contributed by atoms with E-state index in [4.69, 9.17) is 4.74 Å². The van der Waals surface area contributed by atoms with Crippen LogP contribution >= 0.6 is 0 Å². The Balaban J connectivity index is 2.02. The molecule has 0 radical (unpaired) electrons. The summed E-state index contributed by atoms with van der Waals surface area (Å²) in [5, 5.41) is 10.4. The molecule has 0 atom stereocenters. The summed E-state index contributed by atoms with van der Waals surface area (Å²) < 4.78 is 29.0. The van der Waals surface area contributed by atoms with Gasteiger partial charge in [-0.25, -0.2) is 8.42 Å². The lowest BCUT2D eigenvalue weighted by Gasteiger charge is -2.12. The van der Waals surface area contributed by atoms with Gasteiger partial charge in [0.25, 0.3) is 0 Å². The summed E-state index contributed by atoms with van der Waals surface area (Å²) in [6.07, 6.45) is 5.83. The highest BCUT2D eigenvalue weighted by atomic mass is 32.2. The van der Waals surface area contributed by atoms with Crippen LogP contribution in [-0.4, -0.2) is 69.5 Å². The fourth-order valence-corrected chi connectivity index (χ4v) is 2.08. The van der Waals surface area contributed by atoms with E-state index in [1.54, 1.807) is 13.2 Å². The quantitative estimate of drug-likeness (QED) is 0.341. The topological polar surface area (TPSA) is 97.6 Å². The highest BCUT2D eigenvalue weighted by Gasteiger charge is 2.01. The second-order valence-electron chi connectivity index (χ2n) is 4.79. The number of nitrogens with zero attached hydrogens (tertiary/aromatic N) is 3. The minimum absolute atomic E-state index is 0.0490. The van der Waals surface area contributed by atoms with Crippen molar-refractivity contribution in [1.82, 2.24) is 20.4 Å². The number of aryl methyl sites for hydroxylation is 1. The molecule has 0 aliphatic carbocycles. The van der Waals surface area contributed by atoms with Crippen molar-refractivity contribution in [3.05, 3.63) is 18.5 Å². The third-order valence-electron chi connectivity index (χ3n) is 2.78. The molecule has 0 unspecified atom stereocenters. The Labute approximate surface area is 131 Å². The lowest BCUT2D eigenvalue weighted by molar-refractivity contribution is 0.154. The lowest BCUT2D eigenvalue weighted by Crippen LogP contribution is -2.39. The van der Waals surface area contributed by atoms with Gasteiger partial charge in [0, 0.05) is 45.3 Å². The van der Waals surface area contributed by atoms with Gasteiger partial charge in [0.15, 0.2) is 5.96 Å². The summed E-state index contributed by atoms with van der Waals surface area (Å²) in [4.78, 5) is 4.10. The van der Waals surface area contributed by atoms with E-state index >= 15 is 0 Å². The second kappa shape index (κ2) is 10.2. The highest BCUT2D eigenvalue weighted by Crippen LogP contribution is 1.88. The maximum atomic E-state index is 10.9. The van der Waals surface area contributed by atoms with Crippen LogP contribution in [0.2, 0.25) is 0 Å². The van der Waals surface area contributed by atoms with Crippen molar-refractivity contribution in [3.8, 4) is 0 Å². The van der Waals surface area contributed by atoms with Gasteiger partial charge in [-0.15, -0.1) is 0 Å². The van der Waals surface area contributed by atoms with E-state index in [0.717, 1.165) is 19.5 Å². The minimum atomic E-state index is -2.95. The van der Waals surface area contributed by atoms with Crippen LogP contribution in [0.25, 0.3) is 0 Å². The molecule has 126 valence electrons. The van der Waals surface area contributed by atoms with Gasteiger partial charge in [0.1, 0.15) is 9.84 Å². The summed E-state index contributed by atoms with van der Waals surface area (Å²) in [6.45, 7) is 2.86. The molecular formula is C13H25N5O3S. The van der Waals surface area contributed by atoms with E-state index in [0.29, 0.717) is 19.1 Å². The first-order valence-electron chi connectivity index (χ1n) is 7.18. The van der Waals surface area contributed by atoms with Gasteiger partial charge in [-0.2, -0.15) is 5.10 Å². The van der Waals surface area contributed by atoms with E-state index in [9.17, 15) is 8.42 Å². The molecule has 0 amide bonds. The molecule has 1 heterocycles. The molecule has 0 saturated heterocycles. The predicted molar refractivity (Wildman–Crippen MR) is 86.7 cm³/mol. The Morgan fingerprint density at radius 2 is 2.09 bits per heavy atom. The van der Waals surface area contributed by atoms with Crippen LogP contribution in [0.4, 0.5) is 0 Å². The maximum absolute atomic E-state index is 10.9. The highest BCUT2D eigenvalue weighted by molar-refractivity contribution is 7.90. The van der Waals surface area contributed by atoms with Crippen LogP contribution in [0.3, 0.4) is 0 Å². The predicted octanol–water partition coefficient (Wildman–Crippen LogP) is -0.501. The standard InChI is InChI=1S/C13H25N5O3S/c1-14-13(15-5-3-8-18-9-4-6-17-18)16-7-10-21-11-12-22(2,19)20/h4,6,9H,3,5,7-8,10-12H2,1-2H3,(H2,14,15,16). The maximum Gasteiger partial charge on any atom is 0.191 e. The zero-order valence-corrected chi connectivity index (χ0v) is 14.0. The zero-order valence-electron chi connectivity index (χ0n) is 13.2. The number of rotatable bonds is 10. The average molecular weight is 331 g/mol. The van der Waals surface area contributed by atoms with Crippen LogP contribution < -0.4 is 10.6 Å². The molecule has 1 aromatic heterocycles. The van der Waals surface area contributed by atoms with E-state index in [1.807, 2.05) is 16.9 Å². The molecule has 0 fully saturated rings. The Hall–Kier alpha value is -1.61. The van der Waals surface area contributed by atoms with Gasteiger partial charge in [-0.1, -0.05) is 0 Å². The Bertz CT molecular complexity index is 528. The third-order valence-corrected chi connectivity index (χ3v) is 3.68. The molecule has 0 aromatic carbocycles. The summed E-state index contributed by atoms with van der Waals surface area (Å²) in [7, 11) is -1.25. The van der Waals surface area contributed by atoms with Gasteiger partial charge >= 0.3 is 0 Å². The average Bonchev–Trinajstić information content (AvgIpc) is 2.96. The molecule has 0 aliphatic rings. The summed E-state index contributed by atoms with van der Waals surface area (Å²) >= 11 is 0. The smallest absolute Gasteiger partial charge is 0.191 e. The van der Waals surface area contributed by atoms with Gasteiger partial charge in [0.05, 0.1) is 19.0 Å². The number of aromatic nitrogens is 2. The number of hydrogen-bond donors (Lipinski definition) is 2. The first-order chi connectivity index (χ1) is 10.5. The monoisotopic (exact) mass is 331 g/mol. The largest absolute Gasteiger partial charge is 0.379 e. The molecule has 0 aliphatic heterocycles. The molecule has 1 rings (SSSR count). The van der Waals surface area contributed by atoms with E-state index in [2.05, 4.69) is 20.7 Å². The third kappa shape index (κ3) is 9.35. The molecule has 22 heavy (non-hydrogen) atoms. The Morgan fingerprint density at radius 3 is 2.73 bits per heavy atom. The van der Waals surface area contributed by atoms with Crippen molar-refractivity contribution in [3.63, 3.8) is 0 Å². The molecule has 8 nitrogen and oxygen atoms in total. The van der Waals surface area contributed by atoms with E-state index in [1.165, 1.54) is 6.26 Å². The number of ether oxygens (including phenoxy) is 1. The van der Waals surface area contributed by atoms with Crippen molar-refractivity contribution in [1.29, 1.82) is 0 Å². The Morgan fingerprint density at radius 1 is 1.32 bits per heavy atom. The molecule has 1 aromatic rings. The Kier molecular flexibility index (Phi) is 8.53. The van der Waals surface area contributed by atoms with E-state index < -0.39 is 9.84 Å². The summed E-state index contributed by atoms with van der Waals surface area (Å²) in [5.74, 6) is 0.750.